The van der Waals surface area contributed by atoms with Crippen molar-refractivity contribution in [3.05, 3.63) is 0 Å². The highest BCUT2D eigenvalue weighted by Crippen LogP contribution is 2.09. The highest BCUT2D eigenvalue weighted by molar-refractivity contribution is 4.74. The third-order valence-electron chi connectivity index (χ3n) is 1.71. The molecule has 2 heteroatoms. The maximum Gasteiger partial charge on any atom is 0.0139 e. The van der Waals surface area contributed by atoms with E-state index in [9.17, 15) is 0 Å². The number of nitrogens with two attached hydrogens (primary N) is 1. The number of nitrogens with zero attached hydrogens (tertiary/aromatic N) is 1. The topological polar surface area (TPSA) is 29.3 Å². The molecule has 10 heavy (non-hydrogen) atoms. The summed E-state index contributed by atoms with van der Waals surface area (Å²) in [6, 6.07) is 0.268. The molecule has 2 N–H and O–H groups in total. The molecule has 0 spiro atoms. The summed E-state index contributed by atoms with van der Waals surface area (Å²) in [6.45, 7) is 9.56. The van der Waals surface area contributed by atoms with E-state index in [0.717, 1.165) is 6.54 Å². The first kappa shape index (κ1) is 9.92. The van der Waals surface area contributed by atoms with E-state index in [1.165, 1.54) is 0 Å². The number of hydrogen-bond acceptors (Lipinski definition) is 2. The summed E-state index contributed by atoms with van der Waals surface area (Å²) >= 11 is 0. The van der Waals surface area contributed by atoms with Gasteiger partial charge >= 0.3 is 0 Å². The van der Waals surface area contributed by atoms with Crippen LogP contribution < -0.4 is 5.73 Å². The smallest absolute Gasteiger partial charge is 0.0139 e. The Kier molecular flexibility index (Phi) is 3.33. The first-order chi connectivity index (χ1) is 4.34. The first-order valence-corrected chi connectivity index (χ1v) is 3.81. The monoisotopic (exact) mass is 144 g/mol. The number of hydrogen-bond donors (Lipinski definition) is 1. The lowest BCUT2D eigenvalue weighted by Gasteiger charge is -2.32. The lowest BCUT2D eigenvalue weighted by atomic mass is 10.1. The van der Waals surface area contributed by atoms with E-state index in [1.807, 2.05) is 6.92 Å². The minimum atomic E-state index is 0.244. The third-order valence-corrected chi connectivity index (χ3v) is 1.71. The molecule has 0 heterocycles. The van der Waals surface area contributed by atoms with Crippen LogP contribution in [0.25, 0.3) is 0 Å². The normalized spacial score (nSPS) is 15.9. The molecule has 2 nitrogen and oxygen atoms in total. The molecule has 62 valence electrons. The van der Waals surface area contributed by atoms with Crippen LogP contribution in [0.3, 0.4) is 0 Å². The fourth-order valence-electron chi connectivity index (χ4n) is 0.706. The van der Waals surface area contributed by atoms with Gasteiger partial charge in [0.1, 0.15) is 0 Å². The summed E-state index contributed by atoms with van der Waals surface area (Å²) in [5.41, 5.74) is 5.89. The van der Waals surface area contributed by atoms with Crippen molar-refractivity contribution in [3.63, 3.8) is 0 Å². The van der Waals surface area contributed by atoms with Gasteiger partial charge in [-0.25, -0.2) is 0 Å². The van der Waals surface area contributed by atoms with Gasteiger partial charge in [0, 0.05) is 18.1 Å². The predicted molar refractivity (Wildman–Crippen MR) is 46.0 cm³/mol. The lowest BCUT2D eigenvalue weighted by Crippen LogP contribution is -2.44. The lowest BCUT2D eigenvalue weighted by molar-refractivity contribution is 0.168. The molecule has 0 bridgehead atoms. The van der Waals surface area contributed by atoms with Gasteiger partial charge in [-0.3, -0.25) is 4.90 Å². The number of likely N-dealkylation sites (N-methyl/N-ethyl adjacent to an activating group) is 1. The molecule has 0 aliphatic rings. The quantitative estimate of drug-likeness (QED) is 0.628. The van der Waals surface area contributed by atoms with Crippen LogP contribution in [0.2, 0.25) is 0 Å². The Labute approximate surface area is 64.4 Å². The molecule has 0 aromatic carbocycles. The van der Waals surface area contributed by atoms with Crippen LogP contribution in [0.5, 0.6) is 0 Å². The van der Waals surface area contributed by atoms with Crippen LogP contribution in [0, 0.1) is 0 Å². The van der Waals surface area contributed by atoms with Crippen molar-refractivity contribution in [2.45, 2.75) is 39.3 Å². The standard InChI is InChI=1S/C8H20N2/c1-7(9)6-10(5)8(2,3)4/h7H,6,9H2,1-5H3. The van der Waals surface area contributed by atoms with Gasteiger partial charge in [0.2, 0.25) is 0 Å². The minimum absolute atomic E-state index is 0.244. The van der Waals surface area contributed by atoms with Crippen molar-refractivity contribution in [1.82, 2.24) is 4.90 Å². The van der Waals surface area contributed by atoms with Gasteiger partial charge < -0.3 is 5.73 Å². The van der Waals surface area contributed by atoms with Crippen LogP contribution in [-0.4, -0.2) is 30.1 Å². The van der Waals surface area contributed by atoms with Crippen molar-refractivity contribution in [3.8, 4) is 0 Å². The first-order valence-electron chi connectivity index (χ1n) is 3.81. The maximum atomic E-state index is 5.65. The van der Waals surface area contributed by atoms with Crippen LogP contribution in [-0.2, 0) is 0 Å². The van der Waals surface area contributed by atoms with E-state index in [4.69, 9.17) is 5.73 Å². The summed E-state index contributed by atoms with van der Waals surface area (Å²) in [5.74, 6) is 0. The number of rotatable bonds is 2. The second kappa shape index (κ2) is 3.35. The fourth-order valence-corrected chi connectivity index (χ4v) is 0.706. The average molecular weight is 144 g/mol. The Bertz CT molecular complexity index is 91.9. The SMILES string of the molecule is CC(N)CN(C)C(C)(C)C. The second-order valence-corrected chi connectivity index (χ2v) is 4.03. The molecular formula is C8H20N2. The minimum Gasteiger partial charge on any atom is -0.327 e. The molecule has 0 aliphatic heterocycles. The van der Waals surface area contributed by atoms with Crippen molar-refractivity contribution >= 4 is 0 Å². The molecular weight excluding hydrogens is 124 g/mol. The van der Waals surface area contributed by atoms with Gasteiger partial charge in [-0.15, -0.1) is 0 Å². The molecule has 0 saturated carbocycles. The molecule has 0 radical (unpaired) electrons. The summed E-state index contributed by atoms with van der Waals surface area (Å²) in [7, 11) is 2.10. The van der Waals surface area contributed by atoms with Gasteiger partial charge in [0.05, 0.1) is 0 Å². The summed E-state index contributed by atoms with van der Waals surface area (Å²) in [6.07, 6.45) is 0. The van der Waals surface area contributed by atoms with Gasteiger partial charge in [0.15, 0.2) is 0 Å². The molecule has 0 aromatic heterocycles. The molecule has 1 unspecified atom stereocenters. The van der Waals surface area contributed by atoms with E-state index in [-0.39, 0.29) is 11.6 Å². The van der Waals surface area contributed by atoms with Gasteiger partial charge in [0.25, 0.3) is 0 Å². The van der Waals surface area contributed by atoms with Crippen LogP contribution in [0.15, 0.2) is 0 Å². The van der Waals surface area contributed by atoms with Crippen LogP contribution in [0.4, 0.5) is 0 Å². The maximum absolute atomic E-state index is 5.65. The zero-order chi connectivity index (χ0) is 8.36. The van der Waals surface area contributed by atoms with E-state index in [2.05, 4.69) is 32.7 Å². The Morgan fingerprint density at radius 1 is 1.40 bits per heavy atom. The molecule has 0 fully saturated rings. The Morgan fingerprint density at radius 2 is 1.80 bits per heavy atom. The van der Waals surface area contributed by atoms with E-state index < -0.39 is 0 Å². The second-order valence-electron chi connectivity index (χ2n) is 4.03. The Hall–Kier alpha value is -0.0800. The van der Waals surface area contributed by atoms with Gasteiger partial charge in [-0.05, 0) is 34.7 Å². The zero-order valence-corrected chi connectivity index (χ0v) is 7.81. The third kappa shape index (κ3) is 3.85. The summed E-state index contributed by atoms with van der Waals surface area (Å²) in [4.78, 5) is 2.26. The highest BCUT2D eigenvalue weighted by Gasteiger charge is 2.16. The van der Waals surface area contributed by atoms with Crippen LogP contribution >= 0.6 is 0 Å². The average Bonchev–Trinajstić information content (AvgIpc) is 1.60. The van der Waals surface area contributed by atoms with E-state index >= 15 is 0 Å². The van der Waals surface area contributed by atoms with Crippen molar-refractivity contribution < 1.29 is 0 Å². The predicted octanol–water partition coefficient (Wildman–Crippen LogP) is 1.06. The van der Waals surface area contributed by atoms with Crippen molar-refractivity contribution in [1.29, 1.82) is 0 Å². The van der Waals surface area contributed by atoms with Crippen LogP contribution in [0.1, 0.15) is 27.7 Å². The molecule has 0 amide bonds. The summed E-state index contributed by atoms with van der Waals surface area (Å²) < 4.78 is 0. The molecule has 0 aliphatic carbocycles. The van der Waals surface area contributed by atoms with Gasteiger partial charge in [-0.1, -0.05) is 0 Å². The molecule has 0 aromatic rings. The Balaban J connectivity index is 3.73. The van der Waals surface area contributed by atoms with Crippen molar-refractivity contribution in [2.75, 3.05) is 13.6 Å². The molecule has 1 atom stereocenters. The largest absolute Gasteiger partial charge is 0.327 e. The van der Waals surface area contributed by atoms with Gasteiger partial charge in [-0.2, -0.15) is 0 Å². The highest BCUT2D eigenvalue weighted by atomic mass is 15.2. The molecule has 0 saturated heterocycles. The fraction of sp³-hybridized carbons (Fsp3) is 1.00. The van der Waals surface area contributed by atoms with Crippen molar-refractivity contribution in [2.24, 2.45) is 5.73 Å². The zero-order valence-electron chi connectivity index (χ0n) is 7.81. The Morgan fingerprint density at radius 3 is 1.90 bits per heavy atom. The van der Waals surface area contributed by atoms with E-state index in [1.54, 1.807) is 0 Å². The molecule has 0 rings (SSSR count). The summed E-state index contributed by atoms with van der Waals surface area (Å²) in [5, 5.41) is 0. The van der Waals surface area contributed by atoms with E-state index in [0.29, 0.717) is 0 Å².